The SMILES string of the molecule is C.C.CCC(C)/C=C/[C@@H](O)[C@H](O)[C@@H](O)[C@@H](OC)C(=O)N[C@H]1CCCCN(Cc2ccc(F)c(C(F)(F)F)c2)C1=O.CCC(C)/C=C/[C@@H](OC(C)=O)[C@H](OC(C)=O)[C@@H](OC(C)=O)[C@@H](OC)C(=O)N[C@H]1CCCCN(Cc2ccc(F)c(C(F)(F)F)c2)C1=O. The van der Waals surface area contributed by atoms with Crippen LogP contribution in [0, 0.1) is 23.5 Å². The van der Waals surface area contributed by atoms with Crippen LogP contribution < -0.4 is 10.6 Å². The zero-order valence-corrected chi connectivity index (χ0v) is 48.8. The van der Waals surface area contributed by atoms with Gasteiger partial charge in [-0.05, 0) is 91.8 Å². The summed E-state index contributed by atoms with van der Waals surface area (Å²) in [7, 11) is 2.24. The van der Waals surface area contributed by atoms with Gasteiger partial charge in [-0.25, -0.2) is 8.78 Å². The predicted octanol–water partition coefficient (Wildman–Crippen LogP) is 8.07. The van der Waals surface area contributed by atoms with Gasteiger partial charge in [0.15, 0.2) is 30.5 Å². The van der Waals surface area contributed by atoms with E-state index in [-0.39, 0.29) is 76.8 Å². The highest BCUT2D eigenvalue weighted by Gasteiger charge is 2.46. The lowest BCUT2D eigenvalue weighted by molar-refractivity contribution is -0.192. The minimum Gasteiger partial charge on any atom is -0.455 e. The van der Waals surface area contributed by atoms with Crippen LogP contribution in [-0.4, -0.2) is 155 Å². The molecule has 27 heteroatoms. The molecule has 0 bridgehead atoms. The van der Waals surface area contributed by atoms with Gasteiger partial charge in [0, 0.05) is 61.2 Å². The largest absolute Gasteiger partial charge is 0.455 e. The molecule has 4 rings (SSSR count). The van der Waals surface area contributed by atoms with Crippen LogP contribution in [0.25, 0.3) is 0 Å². The first-order chi connectivity index (χ1) is 39.8. The summed E-state index contributed by atoms with van der Waals surface area (Å²) in [6.45, 7) is 10.8. The van der Waals surface area contributed by atoms with Crippen molar-refractivity contribution in [1.29, 1.82) is 0 Å². The summed E-state index contributed by atoms with van der Waals surface area (Å²) in [5.41, 5.74) is -2.78. The van der Waals surface area contributed by atoms with Gasteiger partial charge in [0.1, 0.15) is 42.0 Å². The number of carbonyl (C=O) groups excluding carboxylic acids is 7. The van der Waals surface area contributed by atoms with E-state index in [1.165, 1.54) is 22.0 Å². The van der Waals surface area contributed by atoms with Crippen LogP contribution in [0.2, 0.25) is 0 Å². The Bertz CT molecular complexity index is 2620. The molecule has 2 fully saturated rings. The van der Waals surface area contributed by atoms with Crippen LogP contribution >= 0.6 is 0 Å². The van der Waals surface area contributed by atoms with E-state index in [0.29, 0.717) is 49.9 Å². The Labute approximate surface area is 503 Å². The number of amides is 4. The van der Waals surface area contributed by atoms with Crippen LogP contribution in [-0.2, 0) is 82.7 Å². The van der Waals surface area contributed by atoms with E-state index in [1.54, 1.807) is 12.2 Å². The van der Waals surface area contributed by atoms with Crippen molar-refractivity contribution in [3.05, 3.63) is 94.6 Å². The average Bonchev–Trinajstić information content (AvgIpc) is 1.98. The molecule has 2 aromatic carbocycles. The van der Waals surface area contributed by atoms with Crippen molar-refractivity contribution >= 4 is 41.5 Å². The molecule has 2 saturated heterocycles. The second kappa shape index (κ2) is 36.7. The number of nitrogens with zero attached hydrogens (tertiary/aromatic N) is 2. The topological polar surface area (TPSA) is 257 Å². The Morgan fingerprint density at radius 1 is 0.598 bits per heavy atom. The number of rotatable bonds is 25. The molecule has 5 N–H and O–H groups in total. The molecule has 2 aliphatic heterocycles. The van der Waals surface area contributed by atoms with Crippen LogP contribution in [0.1, 0.15) is 137 Å². The number of methoxy groups -OCH3 is 2. The van der Waals surface area contributed by atoms with Crippen molar-refractivity contribution in [2.75, 3.05) is 27.3 Å². The molecule has 0 saturated carbocycles. The Morgan fingerprint density at radius 3 is 1.37 bits per heavy atom. The highest BCUT2D eigenvalue weighted by molar-refractivity contribution is 5.91. The summed E-state index contributed by atoms with van der Waals surface area (Å²) in [5, 5.41) is 36.1. The van der Waals surface area contributed by atoms with Crippen LogP contribution in [0.5, 0.6) is 0 Å². The number of likely N-dealkylation sites (tertiary alicyclic amines) is 2. The lowest BCUT2D eigenvalue weighted by Crippen LogP contribution is -2.58. The number of aliphatic hydroxyl groups is 3. The second-order valence-corrected chi connectivity index (χ2v) is 20.8. The molecule has 2 heterocycles. The van der Waals surface area contributed by atoms with E-state index >= 15 is 0 Å². The first-order valence-electron chi connectivity index (χ1n) is 27.7. The van der Waals surface area contributed by atoms with Gasteiger partial charge < -0.3 is 59.4 Å². The summed E-state index contributed by atoms with van der Waals surface area (Å²) in [6.07, 6.45) is -12.7. The van der Waals surface area contributed by atoms with Crippen LogP contribution in [0.15, 0.2) is 60.7 Å². The van der Waals surface area contributed by atoms with E-state index < -0.39 is 138 Å². The first-order valence-corrected chi connectivity index (χ1v) is 27.7. The second-order valence-electron chi connectivity index (χ2n) is 20.8. The number of allylic oxidation sites excluding steroid dienone is 2. The number of ether oxygens (including phenoxy) is 5. The number of alkyl halides is 6. The lowest BCUT2D eigenvalue weighted by Gasteiger charge is -2.34. The fourth-order valence-corrected chi connectivity index (χ4v) is 9.09. The van der Waals surface area contributed by atoms with Crippen molar-refractivity contribution in [3.63, 3.8) is 0 Å². The van der Waals surface area contributed by atoms with Gasteiger partial charge >= 0.3 is 30.3 Å². The molecule has 2 aromatic rings. The molecule has 12 atom stereocenters. The van der Waals surface area contributed by atoms with Crippen LogP contribution in [0.4, 0.5) is 35.1 Å². The number of carbonyl (C=O) groups is 7. The molecule has 0 aliphatic carbocycles. The number of hydrogen-bond donors (Lipinski definition) is 5. The fraction of sp³-hybridized carbons (Fsp3) is 0.617. The van der Waals surface area contributed by atoms with Gasteiger partial charge in [0.05, 0.1) is 11.1 Å². The Balaban J connectivity index is 0.000000868. The van der Waals surface area contributed by atoms with Gasteiger partial charge in [0.2, 0.25) is 11.8 Å². The zero-order valence-electron chi connectivity index (χ0n) is 48.8. The molecule has 4 amide bonds. The smallest absolute Gasteiger partial charge is 0.419 e. The predicted molar refractivity (Wildman–Crippen MR) is 302 cm³/mol. The van der Waals surface area contributed by atoms with Gasteiger partial charge in [-0.15, -0.1) is 0 Å². The molecule has 87 heavy (non-hydrogen) atoms. The minimum atomic E-state index is -4.94. The lowest BCUT2D eigenvalue weighted by atomic mass is 9.98. The molecule has 2 unspecified atom stereocenters. The summed E-state index contributed by atoms with van der Waals surface area (Å²) in [6, 6.07) is 2.74. The van der Waals surface area contributed by atoms with Gasteiger partial charge in [-0.1, -0.05) is 85.8 Å². The number of nitrogens with one attached hydrogen (secondary N) is 2. The van der Waals surface area contributed by atoms with E-state index in [1.807, 2.05) is 27.7 Å². The summed E-state index contributed by atoms with van der Waals surface area (Å²) >= 11 is 0. The highest BCUT2D eigenvalue weighted by atomic mass is 19.4. The fourth-order valence-electron chi connectivity index (χ4n) is 9.09. The van der Waals surface area contributed by atoms with E-state index in [4.69, 9.17) is 23.7 Å². The molecule has 2 aliphatic rings. The zero-order chi connectivity index (χ0) is 64.1. The number of benzene rings is 2. The van der Waals surface area contributed by atoms with Gasteiger partial charge in [0.25, 0.3) is 11.8 Å². The Morgan fingerprint density at radius 2 is 0.989 bits per heavy atom. The van der Waals surface area contributed by atoms with Gasteiger partial charge in [-0.2, -0.15) is 26.3 Å². The molecule has 492 valence electrons. The molecule has 0 radical (unpaired) electrons. The maximum Gasteiger partial charge on any atom is 0.419 e. The van der Waals surface area contributed by atoms with Crippen molar-refractivity contribution < 1.29 is 108 Å². The molecule has 0 spiro atoms. The monoisotopic (exact) mass is 1250 g/mol. The number of halogens is 8. The summed E-state index contributed by atoms with van der Waals surface area (Å²) in [4.78, 5) is 92.2. The number of aliphatic hydroxyl groups excluding tert-OH is 3. The van der Waals surface area contributed by atoms with E-state index in [2.05, 4.69) is 10.6 Å². The molecular weight excluding hydrogens is 1170 g/mol. The van der Waals surface area contributed by atoms with Crippen molar-refractivity contribution in [3.8, 4) is 0 Å². The average molecular weight is 1260 g/mol. The number of esters is 3. The van der Waals surface area contributed by atoms with Crippen molar-refractivity contribution in [1.82, 2.24) is 20.4 Å². The number of hydrogen-bond acceptors (Lipinski definition) is 15. The summed E-state index contributed by atoms with van der Waals surface area (Å²) < 4.78 is 133. The minimum absolute atomic E-state index is 0. The highest BCUT2D eigenvalue weighted by Crippen LogP contribution is 2.34. The van der Waals surface area contributed by atoms with Gasteiger partial charge in [-0.3, -0.25) is 33.6 Å². The maximum absolute atomic E-state index is 13.8. The third-order valence-electron chi connectivity index (χ3n) is 14.1. The standard InChI is InChI=1S/C32H42F4N2O9.C26H36F4N2O6.2CH4/c1-7-18(2)11-14-26(45-19(3)39)27(46-20(4)40)28(47-21(5)41)29(44-6)30(42)37-25-10-8-9-15-38(31(25)43)17-22-12-13-24(33)23(16-22)32(34,35)36;1-4-15(2)8-11-20(33)21(34)22(35)23(38-3)24(36)31-19-7-5-6-12-32(25(19)37)14-16-9-10-18(27)17(13-16)26(28,29)30;;/h11-14,16,18,25-29H,7-10,15,17H2,1-6H3,(H,37,42);8-11,13,15,19-23,33-35H,4-7,12,14H2,1-3H3,(H,31,36);2*1H4/b14-11+;11-8+;;/t18?,25-,26+,27-,28+,29+;15?,19-,20+,21-,22+,23+;;/m00../s1. The maximum atomic E-state index is 13.8. The molecule has 19 nitrogen and oxygen atoms in total. The van der Waals surface area contributed by atoms with Crippen LogP contribution in [0.3, 0.4) is 0 Å². The third-order valence-corrected chi connectivity index (χ3v) is 14.1. The van der Waals surface area contributed by atoms with E-state index in [0.717, 1.165) is 60.0 Å². The third kappa shape index (κ3) is 24.5. The molecular formula is C60H86F8N4O15. The Kier molecular flexibility index (Phi) is 33.1. The molecule has 0 aromatic heterocycles. The van der Waals surface area contributed by atoms with Crippen molar-refractivity contribution in [2.24, 2.45) is 11.8 Å². The Hall–Kier alpha value is -6.55. The first kappa shape index (κ1) is 78.5. The summed E-state index contributed by atoms with van der Waals surface area (Å²) in [5.74, 6) is -8.23. The van der Waals surface area contributed by atoms with E-state index in [9.17, 15) is 84.0 Å². The normalized spacial score (nSPS) is 19.4. The quantitative estimate of drug-likeness (QED) is 0.0273. The van der Waals surface area contributed by atoms with Crippen molar-refractivity contribution in [2.45, 2.75) is 201 Å².